The molecule has 0 heterocycles. The van der Waals surface area contributed by atoms with Gasteiger partial charge in [-0.05, 0) is 57.8 Å². The molecule has 0 aromatic carbocycles. The number of carbonyl (C=O) groups excluding carboxylic acids is 2. The first kappa shape index (κ1) is 65.3. The molecule has 0 radical (unpaired) electrons. The molecular weight excluding hydrogens is 827 g/mol. The van der Waals surface area contributed by atoms with Crippen molar-refractivity contribution in [3.63, 3.8) is 0 Å². The number of allylic oxidation sites excluding steroid dienone is 3. The van der Waals surface area contributed by atoms with Crippen molar-refractivity contribution in [1.29, 1.82) is 0 Å². The molecule has 0 saturated carbocycles. The third-order valence-corrected chi connectivity index (χ3v) is 14.0. The highest BCUT2D eigenvalue weighted by atomic mass is 16.5. The summed E-state index contributed by atoms with van der Waals surface area (Å²) in [6.45, 7) is 4.88. The van der Waals surface area contributed by atoms with Crippen LogP contribution in [0.3, 0.4) is 0 Å². The van der Waals surface area contributed by atoms with E-state index in [2.05, 4.69) is 31.3 Å². The molecule has 67 heavy (non-hydrogen) atoms. The zero-order valence-corrected chi connectivity index (χ0v) is 45.1. The van der Waals surface area contributed by atoms with Crippen molar-refractivity contribution in [3.05, 3.63) is 24.3 Å². The van der Waals surface area contributed by atoms with Crippen LogP contribution in [0.25, 0.3) is 0 Å². The van der Waals surface area contributed by atoms with Gasteiger partial charge in [0.2, 0.25) is 5.91 Å². The molecule has 2 atom stereocenters. The molecule has 0 rings (SSSR count). The van der Waals surface area contributed by atoms with E-state index in [0.29, 0.717) is 19.4 Å². The van der Waals surface area contributed by atoms with Crippen LogP contribution in [0.2, 0.25) is 0 Å². The van der Waals surface area contributed by atoms with E-state index in [1.54, 1.807) is 6.08 Å². The molecule has 0 aromatic rings. The zero-order chi connectivity index (χ0) is 48.6. The lowest BCUT2D eigenvalue weighted by molar-refractivity contribution is -0.143. The van der Waals surface area contributed by atoms with Crippen LogP contribution in [-0.2, 0) is 14.3 Å². The number of ether oxygens (including phenoxy) is 1. The van der Waals surface area contributed by atoms with Gasteiger partial charge in [-0.15, -0.1) is 0 Å². The Morgan fingerprint density at radius 3 is 1.07 bits per heavy atom. The predicted molar refractivity (Wildman–Crippen MR) is 292 cm³/mol. The largest absolute Gasteiger partial charge is 0.466 e. The minimum Gasteiger partial charge on any atom is -0.466 e. The van der Waals surface area contributed by atoms with E-state index >= 15 is 0 Å². The molecule has 0 fully saturated rings. The second-order valence-corrected chi connectivity index (χ2v) is 20.7. The highest BCUT2D eigenvalue weighted by molar-refractivity contribution is 5.76. The number of rotatable bonds is 56. The van der Waals surface area contributed by atoms with E-state index < -0.39 is 12.1 Å². The van der Waals surface area contributed by atoms with Gasteiger partial charge in [0.05, 0.1) is 25.4 Å². The summed E-state index contributed by atoms with van der Waals surface area (Å²) < 4.78 is 5.46. The molecule has 0 spiro atoms. The van der Waals surface area contributed by atoms with Gasteiger partial charge in [0.25, 0.3) is 0 Å². The van der Waals surface area contributed by atoms with Gasteiger partial charge in [-0.2, -0.15) is 0 Å². The van der Waals surface area contributed by atoms with E-state index in [4.69, 9.17) is 4.74 Å². The monoisotopic (exact) mass is 944 g/mol. The fourth-order valence-corrected chi connectivity index (χ4v) is 9.34. The Labute approximate surface area is 418 Å². The Balaban J connectivity index is 3.48. The Morgan fingerprint density at radius 1 is 0.403 bits per heavy atom. The van der Waals surface area contributed by atoms with Gasteiger partial charge in [0.1, 0.15) is 0 Å². The van der Waals surface area contributed by atoms with Gasteiger partial charge >= 0.3 is 5.97 Å². The maximum Gasteiger partial charge on any atom is 0.305 e. The molecule has 396 valence electrons. The number of hydrogen-bond donors (Lipinski definition) is 3. The zero-order valence-electron chi connectivity index (χ0n) is 45.1. The van der Waals surface area contributed by atoms with Crippen LogP contribution in [0, 0.1) is 0 Å². The van der Waals surface area contributed by atoms with Crippen molar-refractivity contribution >= 4 is 11.9 Å². The van der Waals surface area contributed by atoms with Crippen molar-refractivity contribution in [3.8, 4) is 0 Å². The third-order valence-electron chi connectivity index (χ3n) is 14.0. The van der Waals surface area contributed by atoms with Gasteiger partial charge in [0, 0.05) is 12.8 Å². The van der Waals surface area contributed by atoms with Gasteiger partial charge in [0.15, 0.2) is 0 Å². The minimum atomic E-state index is -0.854. The minimum absolute atomic E-state index is 0.0154. The van der Waals surface area contributed by atoms with Gasteiger partial charge in [-0.25, -0.2) is 0 Å². The van der Waals surface area contributed by atoms with Gasteiger partial charge < -0.3 is 20.3 Å². The molecular formula is C61H117NO5. The van der Waals surface area contributed by atoms with Crippen LogP contribution in [-0.4, -0.2) is 47.4 Å². The number of aliphatic hydroxyl groups is 2. The number of amides is 1. The van der Waals surface area contributed by atoms with E-state index in [1.165, 1.54) is 244 Å². The molecule has 0 aliphatic carbocycles. The second kappa shape index (κ2) is 56.9. The van der Waals surface area contributed by atoms with Gasteiger partial charge in [-0.3, -0.25) is 9.59 Å². The summed E-state index contributed by atoms with van der Waals surface area (Å²) in [4.78, 5) is 24.5. The lowest BCUT2D eigenvalue weighted by Crippen LogP contribution is -2.45. The molecule has 6 nitrogen and oxygen atoms in total. The molecule has 2 unspecified atom stereocenters. The summed E-state index contributed by atoms with van der Waals surface area (Å²) >= 11 is 0. The fourth-order valence-electron chi connectivity index (χ4n) is 9.34. The second-order valence-electron chi connectivity index (χ2n) is 20.7. The molecule has 3 N–H and O–H groups in total. The first-order valence-electron chi connectivity index (χ1n) is 30.1. The number of hydrogen-bond acceptors (Lipinski definition) is 5. The molecule has 0 saturated heterocycles. The van der Waals surface area contributed by atoms with Gasteiger partial charge in [-0.1, -0.05) is 282 Å². The first-order valence-corrected chi connectivity index (χ1v) is 30.1. The van der Waals surface area contributed by atoms with Crippen molar-refractivity contribution in [2.75, 3.05) is 13.2 Å². The summed E-state index contributed by atoms with van der Waals surface area (Å²) in [5.41, 5.74) is 0. The molecule has 0 bridgehead atoms. The maximum atomic E-state index is 12.5. The number of esters is 1. The normalized spacial score (nSPS) is 12.7. The average molecular weight is 945 g/mol. The number of aliphatic hydroxyl groups excluding tert-OH is 2. The average Bonchev–Trinajstić information content (AvgIpc) is 3.33. The number of nitrogens with one attached hydrogen (secondary N) is 1. The van der Waals surface area contributed by atoms with E-state index in [9.17, 15) is 19.8 Å². The summed E-state index contributed by atoms with van der Waals surface area (Å²) in [6, 6.07) is -0.639. The van der Waals surface area contributed by atoms with Crippen LogP contribution < -0.4 is 5.32 Å². The van der Waals surface area contributed by atoms with Crippen molar-refractivity contribution in [2.45, 2.75) is 341 Å². The predicted octanol–water partition coefficient (Wildman–Crippen LogP) is 18.6. The van der Waals surface area contributed by atoms with Crippen LogP contribution in [0.15, 0.2) is 24.3 Å². The smallest absolute Gasteiger partial charge is 0.305 e. The van der Waals surface area contributed by atoms with E-state index in [0.717, 1.165) is 57.8 Å². The highest BCUT2D eigenvalue weighted by Gasteiger charge is 2.18. The lowest BCUT2D eigenvalue weighted by atomic mass is 10.0. The summed E-state index contributed by atoms with van der Waals surface area (Å²) in [5.74, 6) is -0.0934. The first-order chi connectivity index (χ1) is 33.0. The lowest BCUT2D eigenvalue weighted by Gasteiger charge is -2.20. The Kier molecular flexibility index (Phi) is 55.5. The number of unbranched alkanes of at least 4 members (excludes halogenated alkanes) is 43. The van der Waals surface area contributed by atoms with E-state index in [-0.39, 0.29) is 18.5 Å². The molecule has 6 heteroatoms. The SMILES string of the molecule is CCCCCC/C=C\CCCCCCCC(=O)OCCCCCCCCCCCCCCCC(=O)NC(CO)C(O)/C=C/CCCCCCCCCCCCCCCCCCCCCCCC. The molecule has 0 aliphatic rings. The van der Waals surface area contributed by atoms with Crippen LogP contribution in [0.5, 0.6) is 0 Å². The topological polar surface area (TPSA) is 95.9 Å². The maximum absolute atomic E-state index is 12.5. The van der Waals surface area contributed by atoms with Crippen LogP contribution in [0.4, 0.5) is 0 Å². The van der Waals surface area contributed by atoms with E-state index in [1.807, 2.05) is 6.08 Å². The Bertz CT molecular complexity index is 1040. The Hall–Kier alpha value is -1.66. The fraction of sp³-hybridized carbons (Fsp3) is 0.902. The van der Waals surface area contributed by atoms with Crippen LogP contribution in [0.1, 0.15) is 328 Å². The van der Waals surface area contributed by atoms with Crippen molar-refractivity contribution in [1.82, 2.24) is 5.32 Å². The Morgan fingerprint density at radius 2 is 0.701 bits per heavy atom. The summed E-state index contributed by atoms with van der Waals surface area (Å²) in [7, 11) is 0. The highest BCUT2D eigenvalue weighted by Crippen LogP contribution is 2.17. The third kappa shape index (κ3) is 53.5. The number of carbonyl (C=O) groups is 2. The quantitative estimate of drug-likeness (QED) is 0.0321. The molecule has 0 aromatic heterocycles. The molecule has 0 aliphatic heterocycles. The summed E-state index contributed by atoms with van der Waals surface area (Å²) in [5, 5.41) is 23.2. The molecule has 1 amide bonds. The van der Waals surface area contributed by atoms with Crippen LogP contribution >= 0.6 is 0 Å². The summed E-state index contributed by atoms with van der Waals surface area (Å²) in [6.07, 6.45) is 69.2. The standard InChI is InChI=1S/C61H117NO5/c1-3-5-7-9-11-13-15-17-18-19-20-21-22-23-24-25-26-27-30-33-37-41-45-49-53-59(64)58(57-63)62-60(65)54-50-46-42-38-34-31-28-32-36-40-44-48-52-56-67-61(66)55-51-47-43-39-35-29-16-14-12-10-8-6-4-2/h14,16,49,53,58-59,63-64H,3-13,15,17-48,50-52,54-57H2,1-2H3,(H,62,65)/b16-14-,53-49+. The van der Waals surface area contributed by atoms with Crippen molar-refractivity contribution < 1.29 is 24.5 Å². The van der Waals surface area contributed by atoms with Crippen molar-refractivity contribution in [2.24, 2.45) is 0 Å².